The summed E-state index contributed by atoms with van der Waals surface area (Å²) in [5, 5.41) is 13.8. The fourth-order valence-electron chi connectivity index (χ4n) is 4.97. The number of para-hydroxylation sites is 1. The van der Waals surface area contributed by atoms with Crippen LogP contribution in [0.5, 0.6) is 17.2 Å². The predicted molar refractivity (Wildman–Crippen MR) is 165 cm³/mol. The molecule has 1 fully saturated rings. The van der Waals surface area contributed by atoms with Gasteiger partial charge in [0.15, 0.2) is 5.75 Å². The summed E-state index contributed by atoms with van der Waals surface area (Å²) in [6, 6.07) is 21.4. The second kappa shape index (κ2) is 14.4. The zero-order valence-corrected chi connectivity index (χ0v) is 25.6. The molecule has 10 nitrogen and oxygen atoms in total. The number of esters is 1. The van der Waals surface area contributed by atoms with Crippen molar-refractivity contribution in [2.24, 2.45) is 0 Å². The summed E-state index contributed by atoms with van der Waals surface area (Å²) in [4.78, 5) is 42.9. The number of nitrogens with one attached hydrogen (secondary N) is 1. The largest absolute Gasteiger partial charge is 0.481 e. The van der Waals surface area contributed by atoms with Gasteiger partial charge in [-0.15, -0.1) is 0 Å². The highest BCUT2D eigenvalue weighted by Crippen LogP contribution is 2.40. The first-order chi connectivity index (χ1) is 21.0. The number of hydrogen-bond donors (Lipinski definition) is 2. The van der Waals surface area contributed by atoms with E-state index in [1.165, 1.54) is 0 Å². The first-order valence-electron chi connectivity index (χ1n) is 14.7. The van der Waals surface area contributed by atoms with E-state index < -0.39 is 29.1 Å². The second-order valence-corrected chi connectivity index (χ2v) is 11.8. The third-order valence-electron chi connectivity index (χ3n) is 7.12. The van der Waals surface area contributed by atoms with E-state index in [1.807, 2.05) is 51.1 Å². The number of benzene rings is 3. The molecule has 2 N–H and O–H groups in total. The third-order valence-corrected chi connectivity index (χ3v) is 7.12. The molecular formula is C34H40N2O8. The summed E-state index contributed by atoms with van der Waals surface area (Å²) in [6.45, 7) is 8.62. The maximum Gasteiger partial charge on any atom is 0.351 e. The Hall–Kier alpha value is -4.41. The Morgan fingerprint density at radius 2 is 1.64 bits per heavy atom. The van der Waals surface area contributed by atoms with Crippen molar-refractivity contribution in [1.82, 2.24) is 5.32 Å². The van der Waals surface area contributed by atoms with Gasteiger partial charge in [-0.05, 0) is 81.2 Å². The van der Waals surface area contributed by atoms with Crippen molar-refractivity contribution in [3.05, 3.63) is 83.9 Å². The molecule has 0 aromatic heterocycles. The van der Waals surface area contributed by atoms with Gasteiger partial charge in [0, 0.05) is 12.8 Å². The quantitative estimate of drug-likeness (QED) is 0.137. The minimum Gasteiger partial charge on any atom is -0.481 e. The molecule has 234 valence electrons. The lowest BCUT2D eigenvalue weighted by Gasteiger charge is -2.37. The van der Waals surface area contributed by atoms with E-state index in [1.54, 1.807) is 49.4 Å². The fraction of sp³-hybridized carbons (Fsp3) is 0.382. The van der Waals surface area contributed by atoms with E-state index in [-0.39, 0.29) is 13.0 Å². The van der Waals surface area contributed by atoms with Crippen LogP contribution in [0.15, 0.2) is 72.8 Å². The van der Waals surface area contributed by atoms with E-state index in [0.29, 0.717) is 60.8 Å². The lowest BCUT2D eigenvalue weighted by molar-refractivity contribution is -0.176. The second-order valence-electron chi connectivity index (χ2n) is 11.8. The molecule has 1 saturated heterocycles. The number of piperidine rings is 1. The van der Waals surface area contributed by atoms with Gasteiger partial charge in [-0.25, -0.2) is 4.79 Å². The molecule has 1 aliphatic heterocycles. The highest BCUT2D eigenvalue weighted by molar-refractivity contribution is 5.81. The van der Waals surface area contributed by atoms with Crippen LogP contribution in [0.2, 0.25) is 0 Å². The number of aliphatic carboxylic acids is 1. The van der Waals surface area contributed by atoms with E-state index >= 15 is 0 Å². The molecule has 1 unspecified atom stereocenters. The van der Waals surface area contributed by atoms with Crippen LogP contribution >= 0.6 is 0 Å². The molecular weight excluding hydrogens is 564 g/mol. The summed E-state index contributed by atoms with van der Waals surface area (Å²) >= 11 is 0. The summed E-state index contributed by atoms with van der Waals surface area (Å²) in [7, 11) is 0. The standard InChI is InChI=1S/C34H40N2O8/c1-24(21-30(38)39)28-11-8-12-29(31(28)36(23-37)41-22-25-9-6-5-7-10-25)42-26-13-15-27(16-14-26)43-34(17-19-35-20-18-34)32(40)44-33(2,3)4/h5-16,23-24,35H,17-22H2,1-4H3,(H,38,39). The van der Waals surface area contributed by atoms with Crippen LogP contribution in [0.4, 0.5) is 5.69 Å². The third kappa shape index (κ3) is 8.58. The Labute approximate surface area is 257 Å². The lowest BCUT2D eigenvalue weighted by atomic mass is 9.91. The van der Waals surface area contributed by atoms with E-state index in [2.05, 4.69) is 5.32 Å². The van der Waals surface area contributed by atoms with Crippen molar-refractivity contribution in [3.63, 3.8) is 0 Å². The highest BCUT2D eigenvalue weighted by atomic mass is 16.7. The maximum absolute atomic E-state index is 13.2. The zero-order valence-electron chi connectivity index (χ0n) is 25.6. The average molecular weight is 605 g/mol. The number of hydroxylamine groups is 1. The molecule has 1 atom stereocenters. The SMILES string of the molecule is CC(CC(=O)O)c1cccc(Oc2ccc(OC3(C(=O)OC(C)(C)C)CCNCC3)cc2)c1N(C=O)OCc1ccccc1. The molecule has 10 heteroatoms. The molecule has 0 bridgehead atoms. The summed E-state index contributed by atoms with van der Waals surface area (Å²) in [6.07, 6.45) is 1.32. The molecule has 0 radical (unpaired) electrons. The van der Waals surface area contributed by atoms with Crippen molar-refractivity contribution in [1.29, 1.82) is 0 Å². The van der Waals surface area contributed by atoms with Gasteiger partial charge in [-0.2, -0.15) is 5.06 Å². The minimum absolute atomic E-state index is 0.113. The number of rotatable bonds is 13. The van der Waals surface area contributed by atoms with Crippen LogP contribution in [0.3, 0.4) is 0 Å². The average Bonchev–Trinajstić information content (AvgIpc) is 2.99. The van der Waals surface area contributed by atoms with Crippen LogP contribution in [0.25, 0.3) is 0 Å². The van der Waals surface area contributed by atoms with Crippen molar-refractivity contribution in [3.8, 4) is 17.2 Å². The van der Waals surface area contributed by atoms with Gasteiger partial charge in [0.25, 0.3) is 0 Å². The number of carboxylic acid groups (broad SMARTS) is 1. The molecule has 0 saturated carbocycles. The van der Waals surface area contributed by atoms with Crippen molar-refractivity contribution in [2.75, 3.05) is 18.2 Å². The van der Waals surface area contributed by atoms with E-state index in [4.69, 9.17) is 19.0 Å². The fourth-order valence-corrected chi connectivity index (χ4v) is 4.97. The number of amides is 1. The number of carbonyl (C=O) groups excluding carboxylic acids is 2. The summed E-state index contributed by atoms with van der Waals surface area (Å²) in [5.74, 6) is -0.586. The van der Waals surface area contributed by atoms with Gasteiger partial charge in [-0.1, -0.05) is 49.4 Å². The molecule has 3 aromatic rings. The highest BCUT2D eigenvalue weighted by Gasteiger charge is 2.45. The smallest absolute Gasteiger partial charge is 0.351 e. The van der Waals surface area contributed by atoms with E-state index in [0.717, 1.165) is 10.6 Å². The maximum atomic E-state index is 13.2. The van der Waals surface area contributed by atoms with Crippen molar-refractivity contribution >= 4 is 24.0 Å². The summed E-state index contributed by atoms with van der Waals surface area (Å²) < 4.78 is 18.2. The van der Waals surface area contributed by atoms with Gasteiger partial charge >= 0.3 is 11.9 Å². The molecule has 1 aliphatic rings. The number of carbonyl (C=O) groups is 3. The first-order valence-corrected chi connectivity index (χ1v) is 14.7. The Kier molecular flexibility index (Phi) is 10.6. The van der Waals surface area contributed by atoms with Crippen LogP contribution in [-0.2, 0) is 30.6 Å². The summed E-state index contributed by atoms with van der Waals surface area (Å²) in [5.41, 5.74) is -0.0130. The number of carboxylic acids is 1. The Morgan fingerprint density at radius 3 is 2.25 bits per heavy atom. The van der Waals surface area contributed by atoms with Gasteiger partial charge < -0.3 is 24.6 Å². The monoisotopic (exact) mass is 604 g/mol. The number of nitrogens with zero attached hydrogens (tertiary/aromatic N) is 1. The Bertz CT molecular complexity index is 1410. The van der Waals surface area contributed by atoms with Gasteiger partial charge in [-0.3, -0.25) is 14.4 Å². The molecule has 0 aliphatic carbocycles. The van der Waals surface area contributed by atoms with Crippen molar-refractivity contribution in [2.45, 2.75) is 70.7 Å². The number of ether oxygens (including phenoxy) is 3. The minimum atomic E-state index is -1.11. The van der Waals surface area contributed by atoms with Gasteiger partial charge in [0.2, 0.25) is 12.0 Å². The predicted octanol–water partition coefficient (Wildman–Crippen LogP) is 5.99. The molecule has 4 rings (SSSR count). The Balaban J connectivity index is 1.59. The lowest BCUT2D eigenvalue weighted by Crippen LogP contribution is -2.54. The molecule has 0 spiro atoms. The van der Waals surface area contributed by atoms with Crippen LogP contribution in [0, 0.1) is 0 Å². The first kappa shape index (κ1) is 32.5. The molecule has 44 heavy (non-hydrogen) atoms. The Morgan fingerprint density at radius 1 is 0.977 bits per heavy atom. The topological polar surface area (TPSA) is 124 Å². The number of hydrogen-bond acceptors (Lipinski definition) is 8. The van der Waals surface area contributed by atoms with E-state index in [9.17, 15) is 19.5 Å². The number of anilines is 1. The van der Waals surface area contributed by atoms with Crippen molar-refractivity contribution < 1.29 is 38.5 Å². The molecule has 3 aromatic carbocycles. The molecule has 1 amide bonds. The zero-order chi connectivity index (χ0) is 31.7. The molecule has 1 heterocycles. The van der Waals surface area contributed by atoms with Crippen LogP contribution in [0.1, 0.15) is 64.0 Å². The van der Waals surface area contributed by atoms with Gasteiger partial charge in [0.05, 0.1) is 6.42 Å². The van der Waals surface area contributed by atoms with Crippen LogP contribution in [-0.4, -0.2) is 47.7 Å². The normalized spacial score (nSPS) is 15.1. The van der Waals surface area contributed by atoms with Crippen LogP contribution < -0.4 is 19.9 Å². The van der Waals surface area contributed by atoms with Gasteiger partial charge in [0.1, 0.15) is 29.4 Å².